The molecule has 0 spiro atoms. The lowest BCUT2D eigenvalue weighted by Crippen LogP contribution is -1.98. The van der Waals surface area contributed by atoms with Crippen LogP contribution in [0.5, 0.6) is 0 Å². The molecule has 0 fully saturated rings. The van der Waals surface area contributed by atoms with Gasteiger partial charge in [0.05, 0.1) is 0 Å². The van der Waals surface area contributed by atoms with Crippen molar-refractivity contribution in [3.05, 3.63) is 53.9 Å². The van der Waals surface area contributed by atoms with Gasteiger partial charge in [-0.3, -0.25) is 0 Å². The zero-order chi connectivity index (χ0) is 11.4. The minimum absolute atomic E-state index is 0.881. The van der Waals surface area contributed by atoms with Crippen LogP contribution in [-0.2, 0) is 20.0 Å². The van der Waals surface area contributed by atoms with Gasteiger partial charge in [-0.25, -0.2) is 0 Å². The maximum atomic E-state index is 3.41. The number of benzene rings is 1. The van der Waals surface area contributed by atoms with E-state index < -0.39 is 0 Å². The SMILES string of the molecule is CCc1ccc(NCc2ccn(C)c2)cc1. The number of hydrogen-bond donors (Lipinski definition) is 1. The summed E-state index contributed by atoms with van der Waals surface area (Å²) in [7, 11) is 2.04. The van der Waals surface area contributed by atoms with Gasteiger partial charge in [0, 0.05) is 31.7 Å². The van der Waals surface area contributed by atoms with E-state index in [9.17, 15) is 0 Å². The summed E-state index contributed by atoms with van der Waals surface area (Å²) in [4.78, 5) is 0. The molecule has 2 aromatic rings. The van der Waals surface area contributed by atoms with E-state index in [1.807, 2.05) is 7.05 Å². The first-order valence-corrected chi connectivity index (χ1v) is 5.71. The Bertz CT molecular complexity index is 440. The van der Waals surface area contributed by atoms with Crippen molar-refractivity contribution in [3.63, 3.8) is 0 Å². The fraction of sp³-hybridized carbons (Fsp3) is 0.286. The Morgan fingerprint density at radius 2 is 1.81 bits per heavy atom. The highest BCUT2D eigenvalue weighted by molar-refractivity contribution is 5.45. The lowest BCUT2D eigenvalue weighted by atomic mass is 10.1. The average molecular weight is 214 g/mol. The van der Waals surface area contributed by atoms with Crippen molar-refractivity contribution >= 4 is 5.69 Å². The minimum Gasteiger partial charge on any atom is -0.381 e. The van der Waals surface area contributed by atoms with Crippen molar-refractivity contribution in [2.24, 2.45) is 7.05 Å². The van der Waals surface area contributed by atoms with Crippen molar-refractivity contribution < 1.29 is 0 Å². The Balaban J connectivity index is 1.94. The summed E-state index contributed by atoms with van der Waals surface area (Å²) in [5.41, 5.74) is 3.87. The maximum absolute atomic E-state index is 3.41. The van der Waals surface area contributed by atoms with Crippen LogP contribution in [0.4, 0.5) is 5.69 Å². The number of hydrogen-bond acceptors (Lipinski definition) is 1. The topological polar surface area (TPSA) is 17.0 Å². The first kappa shape index (κ1) is 10.8. The quantitative estimate of drug-likeness (QED) is 0.827. The maximum Gasteiger partial charge on any atom is 0.0415 e. The van der Waals surface area contributed by atoms with Crippen LogP contribution in [0.25, 0.3) is 0 Å². The first-order chi connectivity index (χ1) is 7.78. The lowest BCUT2D eigenvalue weighted by molar-refractivity contribution is 0.920. The van der Waals surface area contributed by atoms with Gasteiger partial charge >= 0.3 is 0 Å². The van der Waals surface area contributed by atoms with Crippen molar-refractivity contribution in [1.82, 2.24) is 4.57 Å². The third-order valence-corrected chi connectivity index (χ3v) is 2.75. The molecule has 2 nitrogen and oxygen atoms in total. The van der Waals surface area contributed by atoms with Crippen LogP contribution >= 0.6 is 0 Å². The summed E-state index contributed by atoms with van der Waals surface area (Å²) in [6, 6.07) is 10.8. The highest BCUT2D eigenvalue weighted by Crippen LogP contribution is 2.11. The molecule has 0 radical (unpaired) electrons. The molecule has 1 N–H and O–H groups in total. The molecule has 0 aliphatic rings. The van der Waals surface area contributed by atoms with Gasteiger partial charge in [-0.05, 0) is 35.7 Å². The molecule has 0 bridgehead atoms. The van der Waals surface area contributed by atoms with Crippen LogP contribution in [0.1, 0.15) is 18.1 Å². The van der Waals surface area contributed by atoms with E-state index in [0.29, 0.717) is 0 Å². The van der Waals surface area contributed by atoms with Crippen molar-refractivity contribution in [1.29, 1.82) is 0 Å². The van der Waals surface area contributed by atoms with Gasteiger partial charge in [0.25, 0.3) is 0 Å². The third kappa shape index (κ3) is 2.66. The number of nitrogens with zero attached hydrogens (tertiary/aromatic N) is 1. The Morgan fingerprint density at radius 3 is 2.38 bits per heavy atom. The summed E-state index contributed by atoms with van der Waals surface area (Å²) >= 11 is 0. The number of nitrogens with one attached hydrogen (secondary N) is 1. The Labute approximate surface area is 96.9 Å². The molecule has 0 aliphatic carbocycles. The second-order valence-corrected chi connectivity index (χ2v) is 4.09. The predicted molar refractivity (Wildman–Crippen MR) is 68.6 cm³/mol. The fourth-order valence-electron chi connectivity index (χ4n) is 1.73. The zero-order valence-corrected chi connectivity index (χ0v) is 9.90. The third-order valence-electron chi connectivity index (χ3n) is 2.75. The molecule has 0 aliphatic heterocycles. The average Bonchev–Trinajstić information content (AvgIpc) is 2.73. The van der Waals surface area contributed by atoms with Crippen LogP contribution in [0.15, 0.2) is 42.7 Å². The Morgan fingerprint density at radius 1 is 1.06 bits per heavy atom. The van der Waals surface area contributed by atoms with Crippen molar-refractivity contribution in [3.8, 4) is 0 Å². The standard InChI is InChI=1S/C14H18N2/c1-3-12-4-6-14(7-5-12)15-10-13-8-9-16(2)11-13/h4-9,11,15H,3,10H2,1-2H3. The minimum atomic E-state index is 0.881. The molecular formula is C14H18N2. The van der Waals surface area contributed by atoms with Gasteiger partial charge in [0.15, 0.2) is 0 Å². The largest absolute Gasteiger partial charge is 0.381 e. The molecule has 0 saturated carbocycles. The van der Waals surface area contributed by atoms with Crippen LogP contribution in [0, 0.1) is 0 Å². The van der Waals surface area contributed by atoms with E-state index >= 15 is 0 Å². The van der Waals surface area contributed by atoms with E-state index in [1.165, 1.54) is 16.8 Å². The monoisotopic (exact) mass is 214 g/mol. The molecule has 1 heterocycles. The summed E-state index contributed by atoms with van der Waals surface area (Å²) in [6.07, 6.45) is 5.30. The number of aromatic nitrogens is 1. The molecule has 0 saturated heterocycles. The number of rotatable bonds is 4. The molecule has 0 atom stereocenters. The van der Waals surface area contributed by atoms with E-state index in [4.69, 9.17) is 0 Å². The fourth-order valence-corrected chi connectivity index (χ4v) is 1.73. The molecule has 16 heavy (non-hydrogen) atoms. The molecule has 1 aromatic carbocycles. The predicted octanol–water partition coefficient (Wildman–Crippen LogP) is 3.20. The highest BCUT2D eigenvalue weighted by atomic mass is 14.9. The second kappa shape index (κ2) is 4.88. The van der Waals surface area contributed by atoms with Crippen LogP contribution in [0.3, 0.4) is 0 Å². The van der Waals surface area contributed by atoms with Gasteiger partial charge in [-0.15, -0.1) is 0 Å². The van der Waals surface area contributed by atoms with Gasteiger partial charge in [0.1, 0.15) is 0 Å². The Hall–Kier alpha value is -1.70. The second-order valence-electron chi connectivity index (χ2n) is 4.09. The van der Waals surface area contributed by atoms with Crippen LogP contribution < -0.4 is 5.32 Å². The molecule has 2 rings (SSSR count). The molecule has 84 valence electrons. The van der Waals surface area contributed by atoms with Crippen LogP contribution in [-0.4, -0.2) is 4.57 Å². The van der Waals surface area contributed by atoms with Gasteiger partial charge < -0.3 is 9.88 Å². The van der Waals surface area contributed by atoms with Crippen molar-refractivity contribution in [2.45, 2.75) is 19.9 Å². The Kier molecular flexibility index (Phi) is 3.30. The first-order valence-electron chi connectivity index (χ1n) is 5.71. The smallest absolute Gasteiger partial charge is 0.0415 e. The van der Waals surface area contributed by atoms with E-state index in [1.54, 1.807) is 0 Å². The van der Waals surface area contributed by atoms with Crippen molar-refractivity contribution in [2.75, 3.05) is 5.32 Å². The van der Waals surface area contributed by atoms with Gasteiger partial charge in [-0.2, -0.15) is 0 Å². The summed E-state index contributed by atoms with van der Waals surface area (Å²) < 4.78 is 2.07. The summed E-state index contributed by atoms with van der Waals surface area (Å²) in [5, 5.41) is 3.41. The van der Waals surface area contributed by atoms with E-state index in [-0.39, 0.29) is 0 Å². The number of aryl methyl sites for hydroxylation is 2. The van der Waals surface area contributed by atoms with E-state index in [0.717, 1.165) is 13.0 Å². The molecule has 0 amide bonds. The normalized spacial score (nSPS) is 10.4. The highest BCUT2D eigenvalue weighted by Gasteiger charge is 1.95. The lowest BCUT2D eigenvalue weighted by Gasteiger charge is -2.05. The molecular weight excluding hydrogens is 196 g/mol. The molecule has 2 heteroatoms. The van der Waals surface area contributed by atoms with Gasteiger partial charge in [0.2, 0.25) is 0 Å². The molecule has 1 aromatic heterocycles. The zero-order valence-electron chi connectivity index (χ0n) is 9.90. The summed E-state index contributed by atoms with van der Waals surface area (Å²) in [5.74, 6) is 0. The van der Waals surface area contributed by atoms with Gasteiger partial charge in [-0.1, -0.05) is 19.1 Å². The molecule has 0 unspecified atom stereocenters. The van der Waals surface area contributed by atoms with E-state index in [2.05, 4.69) is 59.5 Å². The number of anilines is 1. The summed E-state index contributed by atoms with van der Waals surface area (Å²) in [6.45, 7) is 3.05. The van der Waals surface area contributed by atoms with Crippen LogP contribution in [0.2, 0.25) is 0 Å².